The summed E-state index contributed by atoms with van der Waals surface area (Å²) in [6, 6.07) is 4.89. The van der Waals surface area contributed by atoms with Crippen molar-refractivity contribution >= 4 is 0 Å². The van der Waals surface area contributed by atoms with Crippen LogP contribution in [0.2, 0.25) is 0 Å². The van der Waals surface area contributed by atoms with Crippen molar-refractivity contribution in [3.63, 3.8) is 0 Å². The largest absolute Gasteiger partial charge is 0.463 e. The standard InChI is InChI=1S/C16H15N3O7/c20-7-13-10(21)5-14(25-13)19-6-8(15(22)17-16(19)23)12-4-9(18-26-12)11-2-1-3-24-11/h1-4,6,10,13-14,20-21H,5,7H2,(H,17,22,23)/t10-,13+,14+/m0/s1. The molecule has 136 valence electrons. The predicted molar refractivity (Wildman–Crippen MR) is 86.1 cm³/mol. The van der Waals surface area contributed by atoms with E-state index in [9.17, 15) is 19.8 Å². The van der Waals surface area contributed by atoms with Crippen molar-refractivity contribution in [2.45, 2.75) is 24.9 Å². The normalized spacial score (nSPS) is 22.8. The van der Waals surface area contributed by atoms with E-state index in [0.717, 1.165) is 4.57 Å². The highest BCUT2D eigenvalue weighted by Crippen LogP contribution is 2.29. The molecule has 1 saturated heterocycles. The highest BCUT2D eigenvalue weighted by Gasteiger charge is 2.35. The minimum Gasteiger partial charge on any atom is -0.463 e. The molecule has 0 radical (unpaired) electrons. The first-order valence-electron chi connectivity index (χ1n) is 7.87. The van der Waals surface area contributed by atoms with Crippen molar-refractivity contribution < 1.29 is 23.9 Å². The van der Waals surface area contributed by atoms with Crippen LogP contribution in [-0.2, 0) is 4.74 Å². The maximum absolute atomic E-state index is 12.2. The van der Waals surface area contributed by atoms with Crippen LogP contribution in [0.4, 0.5) is 0 Å². The molecule has 26 heavy (non-hydrogen) atoms. The summed E-state index contributed by atoms with van der Waals surface area (Å²) in [6.07, 6.45) is 0.339. The highest BCUT2D eigenvalue weighted by atomic mass is 16.5. The first-order valence-corrected chi connectivity index (χ1v) is 7.87. The number of hydrogen-bond donors (Lipinski definition) is 3. The molecule has 3 atom stereocenters. The molecule has 4 heterocycles. The number of ether oxygens (including phenoxy) is 1. The predicted octanol–water partition coefficient (Wildman–Crippen LogP) is 0.0923. The zero-order valence-electron chi connectivity index (χ0n) is 13.4. The molecule has 4 rings (SSSR count). The summed E-state index contributed by atoms with van der Waals surface area (Å²) in [6.45, 7) is -0.378. The number of hydrogen-bond acceptors (Lipinski definition) is 8. The topological polar surface area (TPSA) is 144 Å². The van der Waals surface area contributed by atoms with Gasteiger partial charge in [0.2, 0.25) is 0 Å². The summed E-state index contributed by atoms with van der Waals surface area (Å²) < 4.78 is 17.0. The van der Waals surface area contributed by atoms with Gasteiger partial charge in [0.15, 0.2) is 11.5 Å². The van der Waals surface area contributed by atoms with E-state index in [1.54, 1.807) is 12.1 Å². The maximum Gasteiger partial charge on any atom is 0.330 e. The lowest BCUT2D eigenvalue weighted by Gasteiger charge is -2.14. The summed E-state index contributed by atoms with van der Waals surface area (Å²) in [7, 11) is 0. The molecule has 3 aromatic heterocycles. The van der Waals surface area contributed by atoms with Crippen molar-refractivity contribution in [3.05, 3.63) is 51.5 Å². The van der Waals surface area contributed by atoms with E-state index >= 15 is 0 Å². The average Bonchev–Trinajstić information content (AvgIpc) is 3.35. The van der Waals surface area contributed by atoms with Crippen LogP contribution in [0.25, 0.3) is 22.8 Å². The zero-order chi connectivity index (χ0) is 18.3. The highest BCUT2D eigenvalue weighted by molar-refractivity contribution is 5.62. The van der Waals surface area contributed by atoms with Gasteiger partial charge in [0.1, 0.15) is 23.6 Å². The number of aliphatic hydroxyl groups is 2. The lowest BCUT2D eigenvalue weighted by molar-refractivity contribution is -0.0458. The van der Waals surface area contributed by atoms with Gasteiger partial charge in [-0.1, -0.05) is 5.16 Å². The second-order valence-corrected chi connectivity index (χ2v) is 5.88. The molecule has 3 N–H and O–H groups in total. The number of nitrogens with one attached hydrogen (secondary N) is 1. The van der Waals surface area contributed by atoms with Crippen molar-refractivity contribution in [1.29, 1.82) is 0 Å². The van der Waals surface area contributed by atoms with Crippen molar-refractivity contribution in [2.24, 2.45) is 0 Å². The summed E-state index contributed by atoms with van der Waals surface area (Å²) >= 11 is 0. The Labute approximate surface area is 145 Å². The third kappa shape index (κ3) is 2.79. The molecule has 0 unspecified atom stereocenters. The molecule has 10 heteroatoms. The van der Waals surface area contributed by atoms with E-state index in [0.29, 0.717) is 11.5 Å². The van der Waals surface area contributed by atoms with Crippen molar-refractivity contribution in [2.75, 3.05) is 6.61 Å². The number of aromatic nitrogens is 3. The van der Waals surface area contributed by atoms with Crippen LogP contribution < -0.4 is 11.2 Å². The number of aromatic amines is 1. The van der Waals surface area contributed by atoms with Gasteiger partial charge in [-0.2, -0.15) is 0 Å². The van der Waals surface area contributed by atoms with E-state index in [4.69, 9.17) is 13.7 Å². The Morgan fingerprint density at radius 2 is 2.19 bits per heavy atom. The van der Waals surface area contributed by atoms with E-state index in [2.05, 4.69) is 10.1 Å². The fourth-order valence-corrected chi connectivity index (χ4v) is 2.87. The Morgan fingerprint density at radius 3 is 2.88 bits per heavy atom. The van der Waals surface area contributed by atoms with Crippen LogP contribution in [0.5, 0.6) is 0 Å². The number of nitrogens with zero attached hydrogens (tertiary/aromatic N) is 2. The van der Waals surface area contributed by atoms with Crippen LogP contribution in [0.15, 0.2) is 49.2 Å². The Balaban J connectivity index is 1.72. The molecule has 1 aliphatic rings. The van der Waals surface area contributed by atoms with Gasteiger partial charge in [0.05, 0.1) is 19.0 Å². The van der Waals surface area contributed by atoms with Crippen LogP contribution in [0.3, 0.4) is 0 Å². The lowest BCUT2D eigenvalue weighted by Crippen LogP contribution is -2.33. The van der Waals surface area contributed by atoms with Crippen molar-refractivity contribution in [1.82, 2.24) is 14.7 Å². The zero-order valence-corrected chi connectivity index (χ0v) is 13.4. The number of H-pyrrole nitrogens is 1. The summed E-state index contributed by atoms with van der Waals surface area (Å²) in [4.78, 5) is 26.5. The molecule has 0 saturated carbocycles. The molecular weight excluding hydrogens is 346 g/mol. The third-order valence-electron chi connectivity index (χ3n) is 4.21. The number of furan rings is 1. The molecule has 0 bridgehead atoms. The molecule has 10 nitrogen and oxygen atoms in total. The number of rotatable bonds is 4. The minimum absolute atomic E-state index is 0.0699. The minimum atomic E-state index is -0.914. The molecule has 0 spiro atoms. The summed E-state index contributed by atoms with van der Waals surface area (Å²) in [5.41, 5.74) is -0.874. The van der Waals surface area contributed by atoms with Gasteiger partial charge in [0.25, 0.3) is 5.56 Å². The van der Waals surface area contributed by atoms with Crippen molar-refractivity contribution in [3.8, 4) is 22.8 Å². The monoisotopic (exact) mass is 361 g/mol. The Kier molecular flexibility index (Phi) is 4.07. The van der Waals surface area contributed by atoms with Crippen LogP contribution in [0, 0.1) is 0 Å². The Hall–Kier alpha value is -2.95. The second-order valence-electron chi connectivity index (χ2n) is 5.88. The van der Waals surface area contributed by atoms with E-state index in [1.165, 1.54) is 18.5 Å². The van der Waals surface area contributed by atoms with E-state index in [-0.39, 0.29) is 24.4 Å². The Morgan fingerprint density at radius 1 is 1.35 bits per heavy atom. The van der Waals surface area contributed by atoms with Crippen LogP contribution in [0.1, 0.15) is 12.6 Å². The van der Waals surface area contributed by atoms with Crippen LogP contribution >= 0.6 is 0 Å². The maximum atomic E-state index is 12.2. The molecule has 0 aliphatic carbocycles. The first-order chi connectivity index (χ1) is 12.6. The van der Waals surface area contributed by atoms with Gasteiger partial charge >= 0.3 is 5.69 Å². The van der Waals surface area contributed by atoms with Gasteiger partial charge in [-0.05, 0) is 12.1 Å². The fourth-order valence-electron chi connectivity index (χ4n) is 2.87. The summed E-state index contributed by atoms with van der Waals surface area (Å²) in [5, 5.41) is 22.9. The van der Waals surface area contributed by atoms with E-state index in [1.807, 2.05) is 0 Å². The molecular formula is C16H15N3O7. The SMILES string of the molecule is O=c1[nH]c(=O)n([C@H]2C[C@H](O)[C@@H](CO)O2)cc1-c1cc(-c2ccco2)no1. The van der Waals surface area contributed by atoms with Gasteiger partial charge in [-0.25, -0.2) is 4.79 Å². The average molecular weight is 361 g/mol. The molecule has 3 aromatic rings. The van der Waals surface area contributed by atoms with Gasteiger partial charge in [0, 0.05) is 18.7 Å². The van der Waals surface area contributed by atoms with Gasteiger partial charge in [-0.15, -0.1) is 0 Å². The van der Waals surface area contributed by atoms with Gasteiger partial charge < -0.3 is 23.9 Å². The van der Waals surface area contributed by atoms with Crippen LogP contribution in [-0.4, -0.2) is 43.7 Å². The Bertz CT molecular complexity index is 1020. The third-order valence-corrected chi connectivity index (χ3v) is 4.21. The quantitative estimate of drug-likeness (QED) is 0.593. The lowest BCUT2D eigenvalue weighted by atomic mass is 10.2. The second kappa shape index (κ2) is 6.41. The fraction of sp³-hybridized carbons (Fsp3) is 0.312. The number of aliphatic hydroxyl groups excluding tert-OH is 2. The van der Waals surface area contributed by atoms with E-state index < -0.39 is 29.7 Å². The van der Waals surface area contributed by atoms with Gasteiger partial charge in [-0.3, -0.25) is 14.3 Å². The molecule has 0 aromatic carbocycles. The summed E-state index contributed by atoms with van der Waals surface area (Å²) in [5.74, 6) is 0.612. The molecule has 0 amide bonds. The molecule has 1 fully saturated rings. The first kappa shape index (κ1) is 16.5. The smallest absolute Gasteiger partial charge is 0.330 e. The molecule has 1 aliphatic heterocycles.